The number of benzene rings is 6. The van der Waals surface area contributed by atoms with Crippen LogP contribution in [0, 0.1) is 0 Å². The molecule has 9 rings (SSSR count). The number of hydrogen-bond donors (Lipinski definition) is 0. The van der Waals surface area contributed by atoms with E-state index in [-0.39, 0.29) is 0 Å². The minimum Gasteiger partial charge on any atom is -0.309 e. The molecule has 3 aromatic heterocycles. The van der Waals surface area contributed by atoms with Crippen LogP contribution in [0.15, 0.2) is 152 Å². The molecule has 0 saturated heterocycles. The molecule has 0 aliphatic heterocycles. The number of para-hydroxylation sites is 5. The maximum absolute atomic E-state index is 15.5. The highest BCUT2D eigenvalue weighted by atomic mass is 31.2. The molecular formula is C38H25N4OP. The summed E-state index contributed by atoms with van der Waals surface area (Å²) in [7, 11) is -3.23. The number of rotatable bonds is 3. The van der Waals surface area contributed by atoms with Crippen molar-refractivity contribution in [3.8, 4) is 0 Å². The molecule has 0 fully saturated rings. The van der Waals surface area contributed by atoms with Gasteiger partial charge in [0.2, 0.25) is 0 Å². The molecule has 0 amide bonds. The molecule has 44 heavy (non-hydrogen) atoms. The second kappa shape index (κ2) is 9.50. The Bertz CT molecular complexity index is 2600. The van der Waals surface area contributed by atoms with Crippen LogP contribution < -0.4 is 15.9 Å². The normalized spacial score (nSPS) is 12.2. The minimum absolute atomic E-state index is 0.740. The predicted octanol–water partition coefficient (Wildman–Crippen LogP) is 7.80. The van der Waals surface area contributed by atoms with Crippen molar-refractivity contribution in [3.05, 3.63) is 152 Å². The number of fused-ring (bicyclic) bond motifs is 12. The first kappa shape index (κ1) is 25.0. The zero-order valence-corrected chi connectivity index (χ0v) is 24.5. The maximum atomic E-state index is 15.5. The lowest BCUT2D eigenvalue weighted by Crippen LogP contribution is -2.25. The van der Waals surface area contributed by atoms with E-state index >= 15 is 4.57 Å². The molecule has 0 bridgehead atoms. The van der Waals surface area contributed by atoms with Gasteiger partial charge in [-0.1, -0.05) is 115 Å². The molecule has 0 atom stereocenters. The van der Waals surface area contributed by atoms with E-state index in [0.29, 0.717) is 0 Å². The molecule has 3 heterocycles. The van der Waals surface area contributed by atoms with Crippen LogP contribution in [0.2, 0.25) is 0 Å². The van der Waals surface area contributed by atoms with E-state index in [2.05, 4.69) is 57.3 Å². The van der Waals surface area contributed by atoms with E-state index in [4.69, 9.17) is 9.97 Å². The second-order valence-electron chi connectivity index (χ2n) is 11.0. The monoisotopic (exact) mass is 584 g/mol. The standard InChI is InChI=1S/C38H25N4OP/c43-44(26-13-3-1-4-14-26,27-15-5-2-6-16-27)28-23-24-30-29-17-7-10-20-33(29)41-34-21-11-8-18-31(34)39-37(41)38-40-32-19-9-12-22-35(32)42(38)36(30)25-28/h1-25H. The summed E-state index contributed by atoms with van der Waals surface area (Å²) in [6, 6.07) is 50.8. The Hall–Kier alpha value is -5.51. The first-order chi connectivity index (χ1) is 21.7. The van der Waals surface area contributed by atoms with E-state index in [1.165, 1.54) is 0 Å². The molecule has 0 aliphatic carbocycles. The van der Waals surface area contributed by atoms with Crippen LogP contribution in [0.4, 0.5) is 0 Å². The van der Waals surface area contributed by atoms with Gasteiger partial charge in [0.25, 0.3) is 0 Å². The topological polar surface area (TPSA) is 51.7 Å². The molecule has 208 valence electrons. The van der Waals surface area contributed by atoms with Crippen LogP contribution in [-0.4, -0.2) is 18.8 Å². The first-order valence-electron chi connectivity index (χ1n) is 14.6. The average Bonchev–Trinajstić information content (AvgIpc) is 3.66. The van der Waals surface area contributed by atoms with Gasteiger partial charge in [-0.05, 0) is 36.4 Å². The number of aromatic nitrogens is 4. The highest BCUT2D eigenvalue weighted by Crippen LogP contribution is 2.43. The van der Waals surface area contributed by atoms with Gasteiger partial charge >= 0.3 is 0 Å². The van der Waals surface area contributed by atoms with Gasteiger partial charge in [-0.25, -0.2) is 9.97 Å². The highest BCUT2D eigenvalue weighted by Gasteiger charge is 2.30. The molecule has 0 radical (unpaired) electrons. The summed E-state index contributed by atoms with van der Waals surface area (Å²) >= 11 is 0. The zero-order chi connectivity index (χ0) is 29.3. The Morgan fingerprint density at radius 3 is 1.45 bits per heavy atom. The Kier molecular flexibility index (Phi) is 5.40. The lowest BCUT2D eigenvalue weighted by Gasteiger charge is -2.20. The third-order valence-corrected chi connectivity index (χ3v) is 11.6. The van der Waals surface area contributed by atoms with E-state index in [9.17, 15) is 0 Å². The Balaban J connectivity index is 1.55. The summed E-state index contributed by atoms with van der Waals surface area (Å²) in [5.74, 6) is 0. The van der Waals surface area contributed by atoms with Crippen LogP contribution in [0.1, 0.15) is 0 Å². The molecule has 9 aromatic rings. The molecule has 5 nitrogen and oxygen atoms in total. The summed E-state index contributed by atoms with van der Waals surface area (Å²) < 4.78 is 19.9. The third kappa shape index (κ3) is 3.51. The molecule has 0 saturated carbocycles. The smallest absolute Gasteiger partial charge is 0.182 e. The van der Waals surface area contributed by atoms with Crippen molar-refractivity contribution in [2.24, 2.45) is 0 Å². The van der Waals surface area contributed by atoms with Gasteiger partial charge in [0.15, 0.2) is 18.4 Å². The van der Waals surface area contributed by atoms with Crippen LogP contribution in [0.3, 0.4) is 0 Å². The van der Waals surface area contributed by atoms with Crippen molar-refractivity contribution < 1.29 is 4.57 Å². The van der Waals surface area contributed by atoms with E-state index < -0.39 is 7.14 Å². The van der Waals surface area contributed by atoms with Gasteiger partial charge in [0.05, 0.1) is 33.1 Å². The van der Waals surface area contributed by atoms with Crippen LogP contribution in [0.5, 0.6) is 0 Å². The second-order valence-corrected chi connectivity index (χ2v) is 13.8. The van der Waals surface area contributed by atoms with Crippen molar-refractivity contribution in [1.29, 1.82) is 0 Å². The van der Waals surface area contributed by atoms with Gasteiger partial charge in [-0.3, -0.25) is 8.80 Å². The molecule has 0 N–H and O–H groups in total. The van der Waals surface area contributed by atoms with Gasteiger partial charge < -0.3 is 4.57 Å². The zero-order valence-electron chi connectivity index (χ0n) is 23.6. The van der Waals surface area contributed by atoms with Gasteiger partial charge in [0, 0.05) is 26.7 Å². The lowest BCUT2D eigenvalue weighted by atomic mass is 10.1. The Morgan fingerprint density at radius 2 is 0.864 bits per heavy atom. The van der Waals surface area contributed by atoms with Crippen molar-refractivity contribution in [1.82, 2.24) is 18.8 Å². The van der Waals surface area contributed by atoms with E-state index in [1.807, 2.05) is 103 Å². The summed E-state index contributed by atoms with van der Waals surface area (Å²) in [6.45, 7) is 0. The van der Waals surface area contributed by atoms with Gasteiger partial charge in [0.1, 0.15) is 0 Å². The SMILES string of the molecule is O=P(c1ccccc1)(c1ccccc1)c1ccc2c3ccccc3n3c4ccccc4nc3c3nc4ccccc4n3c2c1. The molecule has 0 aliphatic rings. The first-order valence-corrected chi connectivity index (χ1v) is 16.3. The van der Waals surface area contributed by atoms with Gasteiger partial charge in [-0.2, -0.15) is 0 Å². The van der Waals surface area contributed by atoms with E-state index in [1.54, 1.807) is 0 Å². The predicted molar refractivity (Wildman–Crippen MR) is 182 cm³/mol. The molecule has 0 unspecified atom stereocenters. The van der Waals surface area contributed by atoms with Gasteiger partial charge in [-0.15, -0.1) is 0 Å². The largest absolute Gasteiger partial charge is 0.309 e. The van der Waals surface area contributed by atoms with Crippen LogP contribution >= 0.6 is 7.14 Å². The summed E-state index contributed by atoms with van der Waals surface area (Å²) in [4.78, 5) is 10.3. The molecule has 6 heteroatoms. The average molecular weight is 585 g/mol. The van der Waals surface area contributed by atoms with Crippen molar-refractivity contribution in [3.63, 3.8) is 0 Å². The number of nitrogens with zero attached hydrogens (tertiary/aromatic N) is 4. The van der Waals surface area contributed by atoms with Crippen molar-refractivity contribution in [2.45, 2.75) is 0 Å². The molecule has 6 aromatic carbocycles. The number of imidazole rings is 2. The maximum Gasteiger partial charge on any atom is 0.182 e. The quantitative estimate of drug-likeness (QED) is 0.199. The van der Waals surface area contributed by atoms with Crippen molar-refractivity contribution >= 4 is 78.2 Å². The van der Waals surface area contributed by atoms with Crippen molar-refractivity contribution in [2.75, 3.05) is 0 Å². The minimum atomic E-state index is -3.23. The molecule has 0 spiro atoms. The fourth-order valence-corrected chi connectivity index (χ4v) is 9.25. The Morgan fingerprint density at radius 1 is 0.409 bits per heavy atom. The third-order valence-electron chi connectivity index (χ3n) is 8.58. The van der Waals surface area contributed by atoms with E-state index in [0.717, 1.165) is 71.1 Å². The Labute approximate surface area is 252 Å². The fraction of sp³-hybridized carbons (Fsp3) is 0. The summed E-state index contributed by atoms with van der Waals surface area (Å²) in [6.07, 6.45) is 0. The fourth-order valence-electron chi connectivity index (χ4n) is 6.59. The lowest BCUT2D eigenvalue weighted by molar-refractivity contribution is 0.592. The molecular weight excluding hydrogens is 559 g/mol. The number of hydrogen-bond acceptors (Lipinski definition) is 3. The van der Waals surface area contributed by atoms with Crippen LogP contribution in [0.25, 0.3) is 55.2 Å². The van der Waals surface area contributed by atoms with Crippen LogP contribution in [-0.2, 0) is 4.57 Å². The highest BCUT2D eigenvalue weighted by molar-refractivity contribution is 7.85. The summed E-state index contributed by atoms with van der Waals surface area (Å²) in [5.41, 5.74) is 7.21. The summed E-state index contributed by atoms with van der Waals surface area (Å²) in [5, 5.41) is 4.47.